The van der Waals surface area contributed by atoms with Gasteiger partial charge in [-0.2, -0.15) is 13.6 Å². The van der Waals surface area contributed by atoms with Gasteiger partial charge >= 0.3 is 16.3 Å². The molecule has 1 aromatic rings. The molecule has 1 unspecified atom stereocenters. The standard InChI is InChI=1S/C9H12N2O5S/c10-8(9(13)16-17(11,14)15)5-6-1-3-7(12)4-2-6/h1-4,8,12H,5,10H2,(H2,11,14,15). The molecule has 0 radical (unpaired) electrons. The van der Waals surface area contributed by atoms with Gasteiger partial charge in [-0.3, -0.25) is 0 Å². The molecule has 1 atom stereocenters. The van der Waals surface area contributed by atoms with Crippen LogP contribution < -0.4 is 10.9 Å². The van der Waals surface area contributed by atoms with Crippen LogP contribution in [0.2, 0.25) is 0 Å². The Balaban J connectivity index is 2.63. The molecule has 0 amide bonds. The number of nitrogens with two attached hydrogens (primary N) is 2. The van der Waals surface area contributed by atoms with Gasteiger partial charge in [0.15, 0.2) is 0 Å². The summed E-state index contributed by atoms with van der Waals surface area (Å²) in [6.45, 7) is 0. The number of hydrogen-bond acceptors (Lipinski definition) is 6. The number of aromatic hydroxyl groups is 1. The molecule has 0 aliphatic heterocycles. The third-order valence-corrected chi connectivity index (χ3v) is 2.29. The van der Waals surface area contributed by atoms with E-state index in [1.165, 1.54) is 12.1 Å². The van der Waals surface area contributed by atoms with Crippen LogP contribution in [0.5, 0.6) is 5.75 Å². The Bertz CT molecular complexity index is 497. The Hall–Kier alpha value is -1.64. The van der Waals surface area contributed by atoms with Crippen molar-refractivity contribution in [3.63, 3.8) is 0 Å². The van der Waals surface area contributed by atoms with Gasteiger partial charge in [-0.25, -0.2) is 4.79 Å². The fourth-order valence-corrected chi connectivity index (χ4v) is 1.50. The molecule has 5 N–H and O–H groups in total. The highest BCUT2D eigenvalue weighted by Gasteiger charge is 2.20. The van der Waals surface area contributed by atoms with Crippen molar-refractivity contribution in [2.75, 3.05) is 0 Å². The number of phenols is 1. The maximum Gasteiger partial charge on any atom is 0.382 e. The van der Waals surface area contributed by atoms with Crippen molar-refractivity contribution in [1.82, 2.24) is 0 Å². The van der Waals surface area contributed by atoms with Crippen LogP contribution in [0.15, 0.2) is 24.3 Å². The van der Waals surface area contributed by atoms with Gasteiger partial charge in [-0.15, -0.1) is 0 Å². The summed E-state index contributed by atoms with van der Waals surface area (Å²) < 4.78 is 24.9. The van der Waals surface area contributed by atoms with Gasteiger partial charge in [-0.05, 0) is 24.1 Å². The van der Waals surface area contributed by atoms with E-state index in [0.717, 1.165) is 0 Å². The van der Waals surface area contributed by atoms with Gasteiger partial charge in [-0.1, -0.05) is 12.1 Å². The monoisotopic (exact) mass is 260 g/mol. The highest BCUT2D eigenvalue weighted by atomic mass is 32.2. The molecule has 0 saturated carbocycles. The molecule has 7 nitrogen and oxygen atoms in total. The predicted molar refractivity (Wildman–Crippen MR) is 59.0 cm³/mol. The summed E-state index contributed by atoms with van der Waals surface area (Å²) in [5.74, 6) is -1.05. The molecule has 0 aliphatic rings. The number of benzene rings is 1. The van der Waals surface area contributed by atoms with E-state index < -0.39 is 22.3 Å². The lowest BCUT2D eigenvalue weighted by Gasteiger charge is -2.09. The van der Waals surface area contributed by atoms with E-state index in [-0.39, 0.29) is 12.2 Å². The summed E-state index contributed by atoms with van der Waals surface area (Å²) in [5, 5.41) is 13.6. The molecule has 0 spiro atoms. The summed E-state index contributed by atoms with van der Waals surface area (Å²) in [6.07, 6.45) is 0.0780. The van der Waals surface area contributed by atoms with Gasteiger partial charge in [0, 0.05) is 0 Å². The Morgan fingerprint density at radius 1 is 1.35 bits per heavy atom. The Morgan fingerprint density at radius 3 is 2.35 bits per heavy atom. The zero-order valence-corrected chi connectivity index (χ0v) is 9.55. The first kappa shape index (κ1) is 13.4. The molecule has 8 heteroatoms. The molecule has 94 valence electrons. The highest BCUT2D eigenvalue weighted by Crippen LogP contribution is 2.11. The van der Waals surface area contributed by atoms with Crippen LogP contribution in [-0.4, -0.2) is 25.5 Å². The van der Waals surface area contributed by atoms with E-state index in [2.05, 4.69) is 9.32 Å². The van der Waals surface area contributed by atoms with Crippen molar-refractivity contribution in [2.24, 2.45) is 10.9 Å². The topological polar surface area (TPSA) is 133 Å². The average molecular weight is 260 g/mol. The van der Waals surface area contributed by atoms with Gasteiger partial charge in [0.2, 0.25) is 0 Å². The Morgan fingerprint density at radius 2 is 1.88 bits per heavy atom. The number of carbonyl (C=O) groups is 1. The number of carbonyl (C=O) groups excluding carboxylic acids is 1. The smallest absolute Gasteiger partial charge is 0.382 e. The first-order chi connectivity index (χ1) is 7.78. The van der Waals surface area contributed by atoms with E-state index in [9.17, 15) is 13.2 Å². The van der Waals surface area contributed by atoms with Crippen LogP contribution in [0.3, 0.4) is 0 Å². The fraction of sp³-hybridized carbons (Fsp3) is 0.222. The minimum Gasteiger partial charge on any atom is -0.508 e. The van der Waals surface area contributed by atoms with Gasteiger partial charge in [0.1, 0.15) is 11.8 Å². The highest BCUT2D eigenvalue weighted by molar-refractivity contribution is 7.84. The molecule has 0 aliphatic carbocycles. The third kappa shape index (κ3) is 4.81. The van der Waals surface area contributed by atoms with Crippen LogP contribution >= 0.6 is 0 Å². The summed E-state index contributed by atoms with van der Waals surface area (Å²) >= 11 is 0. The second kappa shape index (κ2) is 5.13. The zero-order valence-electron chi connectivity index (χ0n) is 8.74. The first-order valence-electron chi connectivity index (χ1n) is 4.57. The normalized spacial score (nSPS) is 13.1. The van der Waals surface area contributed by atoms with E-state index in [4.69, 9.17) is 10.8 Å². The Labute approximate surface area is 98.2 Å². The molecule has 0 heterocycles. The van der Waals surface area contributed by atoms with Gasteiger partial charge in [0.25, 0.3) is 0 Å². The maximum atomic E-state index is 11.2. The Kier molecular flexibility index (Phi) is 4.05. The van der Waals surface area contributed by atoms with Crippen LogP contribution in [0.25, 0.3) is 0 Å². The maximum absolute atomic E-state index is 11.2. The number of rotatable bonds is 4. The summed E-state index contributed by atoms with van der Waals surface area (Å²) in [7, 11) is -4.34. The second-order valence-electron chi connectivity index (χ2n) is 3.37. The van der Waals surface area contributed by atoms with Crippen molar-refractivity contribution < 1.29 is 22.5 Å². The zero-order chi connectivity index (χ0) is 13.1. The van der Waals surface area contributed by atoms with Crippen molar-refractivity contribution in [2.45, 2.75) is 12.5 Å². The van der Waals surface area contributed by atoms with Crippen molar-refractivity contribution in [3.05, 3.63) is 29.8 Å². The minimum atomic E-state index is -4.34. The molecule has 1 rings (SSSR count). The summed E-state index contributed by atoms with van der Waals surface area (Å²) in [5.41, 5.74) is 6.09. The summed E-state index contributed by atoms with van der Waals surface area (Å²) in [6, 6.07) is 4.82. The van der Waals surface area contributed by atoms with E-state index in [0.29, 0.717) is 5.56 Å². The predicted octanol–water partition coefficient (Wildman–Crippen LogP) is -0.991. The molecule has 0 saturated heterocycles. The molecule has 0 aromatic heterocycles. The van der Waals surface area contributed by atoms with E-state index in [1.54, 1.807) is 12.1 Å². The molecule has 0 fully saturated rings. The van der Waals surface area contributed by atoms with Crippen LogP contribution in [0, 0.1) is 0 Å². The van der Waals surface area contributed by atoms with Gasteiger partial charge in [0.05, 0.1) is 0 Å². The number of hydrogen-bond donors (Lipinski definition) is 3. The van der Waals surface area contributed by atoms with Crippen molar-refractivity contribution in [3.8, 4) is 5.75 Å². The van der Waals surface area contributed by atoms with Gasteiger partial charge < -0.3 is 15.0 Å². The quantitative estimate of drug-likeness (QED) is 0.636. The lowest BCUT2D eigenvalue weighted by atomic mass is 10.1. The van der Waals surface area contributed by atoms with Crippen molar-refractivity contribution >= 4 is 16.3 Å². The lowest BCUT2D eigenvalue weighted by molar-refractivity contribution is -0.135. The molecule has 17 heavy (non-hydrogen) atoms. The third-order valence-electron chi connectivity index (χ3n) is 1.89. The van der Waals surface area contributed by atoms with E-state index in [1.807, 2.05) is 0 Å². The lowest BCUT2D eigenvalue weighted by Crippen LogP contribution is -2.37. The number of phenolic OH excluding ortho intramolecular Hbond substituents is 1. The average Bonchev–Trinajstić information content (AvgIpc) is 2.19. The first-order valence-corrected chi connectivity index (χ1v) is 6.04. The molecule has 0 bridgehead atoms. The molecular weight excluding hydrogens is 248 g/mol. The van der Waals surface area contributed by atoms with Crippen LogP contribution in [0.4, 0.5) is 0 Å². The second-order valence-corrected chi connectivity index (χ2v) is 4.52. The van der Waals surface area contributed by atoms with Crippen molar-refractivity contribution in [1.29, 1.82) is 0 Å². The SMILES string of the molecule is NC(Cc1ccc(O)cc1)C(=O)OS(N)(=O)=O. The minimum absolute atomic E-state index is 0.0780. The van der Waals surface area contributed by atoms with E-state index >= 15 is 0 Å². The van der Waals surface area contributed by atoms with Crippen LogP contribution in [-0.2, 0) is 25.7 Å². The summed E-state index contributed by atoms with van der Waals surface area (Å²) in [4.78, 5) is 11.2. The molecular formula is C9H12N2O5S. The molecule has 1 aromatic carbocycles. The fourth-order valence-electron chi connectivity index (χ4n) is 1.15. The largest absolute Gasteiger partial charge is 0.508 e. The van der Waals surface area contributed by atoms with Crippen LogP contribution in [0.1, 0.15) is 5.56 Å².